The zero-order chi connectivity index (χ0) is 25.3. The lowest BCUT2D eigenvalue weighted by Crippen LogP contribution is -2.51. The minimum absolute atomic E-state index is 0.215. The third-order valence-electron chi connectivity index (χ3n) is 6.70. The second-order valence-electron chi connectivity index (χ2n) is 9.45. The Morgan fingerprint density at radius 3 is 2.42 bits per heavy atom. The molecule has 0 radical (unpaired) electrons. The summed E-state index contributed by atoms with van der Waals surface area (Å²) in [5.41, 5.74) is 9.13. The van der Waals surface area contributed by atoms with Gasteiger partial charge in [-0.25, -0.2) is 28.4 Å². The molecule has 13 heteroatoms. The van der Waals surface area contributed by atoms with E-state index in [4.69, 9.17) is 20.6 Å². The Labute approximate surface area is 211 Å². The number of nitrogens with zero attached hydrogens (tertiary/aromatic N) is 8. The summed E-state index contributed by atoms with van der Waals surface area (Å²) < 4.78 is 32.1. The zero-order valence-corrected chi connectivity index (χ0v) is 21.6. The van der Waals surface area contributed by atoms with Crippen LogP contribution in [0.2, 0.25) is 0 Å². The molecule has 12 nitrogen and oxygen atoms in total. The molecule has 2 N–H and O–H groups in total. The maximum absolute atomic E-state index is 12.5. The summed E-state index contributed by atoms with van der Waals surface area (Å²) in [6.45, 7) is 9.37. The van der Waals surface area contributed by atoms with Gasteiger partial charge in [0.05, 0.1) is 36.1 Å². The van der Waals surface area contributed by atoms with Crippen molar-refractivity contribution in [2.45, 2.75) is 25.5 Å². The van der Waals surface area contributed by atoms with Crippen molar-refractivity contribution in [1.82, 2.24) is 29.1 Å². The highest BCUT2D eigenvalue weighted by Crippen LogP contribution is 2.29. The van der Waals surface area contributed by atoms with Crippen LogP contribution in [0, 0.1) is 0 Å². The molecule has 5 rings (SSSR count). The first-order valence-electron chi connectivity index (χ1n) is 12.3. The number of anilines is 1. The first-order chi connectivity index (χ1) is 17.3. The number of allylic oxidation sites excluding steroid dienone is 1. The van der Waals surface area contributed by atoms with Crippen LogP contribution in [0.3, 0.4) is 0 Å². The average Bonchev–Trinajstić information content (AvgIpc) is 2.89. The van der Waals surface area contributed by atoms with Gasteiger partial charge in [0.2, 0.25) is 16.0 Å². The summed E-state index contributed by atoms with van der Waals surface area (Å²) in [6.07, 6.45) is 8.12. The number of nitrogen functional groups attached to an aromatic ring is 1. The SMILES string of the molecule is CC(C)S(=O)(=O)N1CCN(CC2=NN3C=C(c4cnc(N)nc4)N=C(N4CCOCC4)C3=CC2)CC1. The lowest BCUT2D eigenvalue weighted by Gasteiger charge is -2.38. The maximum Gasteiger partial charge on any atom is 0.219 e. The van der Waals surface area contributed by atoms with Crippen molar-refractivity contribution in [1.29, 1.82) is 0 Å². The first-order valence-corrected chi connectivity index (χ1v) is 13.8. The third kappa shape index (κ3) is 5.14. The van der Waals surface area contributed by atoms with Crippen molar-refractivity contribution < 1.29 is 13.2 Å². The van der Waals surface area contributed by atoms with Crippen LogP contribution in [0.5, 0.6) is 0 Å². The molecule has 0 aliphatic carbocycles. The van der Waals surface area contributed by atoms with Gasteiger partial charge in [-0.2, -0.15) is 9.41 Å². The number of morpholine rings is 1. The zero-order valence-electron chi connectivity index (χ0n) is 20.7. The van der Waals surface area contributed by atoms with Gasteiger partial charge in [0, 0.05) is 70.2 Å². The lowest BCUT2D eigenvalue weighted by atomic mass is 10.1. The van der Waals surface area contributed by atoms with Gasteiger partial charge in [-0.1, -0.05) is 0 Å². The van der Waals surface area contributed by atoms with E-state index in [1.54, 1.807) is 30.5 Å². The fourth-order valence-electron chi connectivity index (χ4n) is 4.58. The molecule has 5 heterocycles. The Bertz CT molecular complexity index is 1190. The smallest absolute Gasteiger partial charge is 0.219 e. The molecule has 4 aliphatic heterocycles. The van der Waals surface area contributed by atoms with E-state index in [9.17, 15) is 8.42 Å². The fraction of sp³-hybridized carbons (Fsp3) is 0.565. The standard InChI is InChI=1S/C23H33N9O3S/c1-17(2)36(33,34)31-7-5-29(6-8-31)15-19-3-4-21-22(30-9-11-35-12-10-30)27-20(16-32(21)28-19)18-13-25-23(24)26-14-18/h4,13-14,16-17H,3,5-12,15H2,1-2H3,(H2,24,25,26). The topological polar surface area (TPSA) is 133 Å². The predicted molar refractivity (Wildman–Crippen MR) is 138 cm³/mol. The van der Waals surface area contributed by atoms with Gasteiger partial charge in [0.25, 0.3) is 0 Å². The molecule has 0 atom stereocenters. The molecule has 194 valence electrons. The van der Waals surface area contributed by atoms with Crippen LogP contribution in [0.15, 0.2) is 40.5 Å². The molecule has 2 saturated heterocycles. The summed E-state index contributed by atoms with van der Waals surface area (Å²) in [5, 5.41) is 6.45. The Hall–Kier alpha value is -2.87. The van der Waals surface area contributed by atoms with E-state index in [0.717, 1.165) is 35.9 Å². The summed E-state index contributed by atoms with van der Waals surface area (Å²) in [6, 6.07) is 0. The van der Waals surface area contributed by atoms with E-state index < -0.39 is 15.3 Å². The molecule has 4 aliphatic rings. The van der Waals surface area contributed by atoms with Gasteiger partial charge in [-0.3, -0.25) is 4.90 Å². The number of hydrogen-bond donors (Lipinski definition) is 1. The summed E-state index contributed by atoms with van der Waals surface area (Å²) in [4.78, 5) is 17.7. The quantitative estimate of drug-likeness (QED) is 0.592. The van der Waals surface area contributed by atoms with Crippen LogP contribution < -0.4 is 5.73 Å². The van der Waals surface area contributed by atoms with E-state index in [2.05, 4.69) is 25.8 Å². The molecule has 0 saturated carbocycles. The Morgan fingerprint density at radius 2 is 1.75 bits per heavy atom. The molecule has 1 aromatic heterocycles. The Balaban J connectivity index is 1.33. The average molecular weight is 516 g/mol. The predicted octanol–water partition coefficient (Wildman–Crippen LogP) is 0.403. The van der Waals surface area contributed by atoms with Crippen LogP contribution in [0.1, 0.15) is 25.8 Å². The van der Waals surface area contributed by atoms with Crippen LogP contribution in [0.4, 0.5) is 5.95 Å². The normalized spacial score (nSPS) is 22.1. The highest BCUT2D eigenvalue weighted by molar-refractivity contribution is 7.89. The van der Waals surface area contributed by atoms with Gasteiger partial charge in [0.15, 0.2) is 5.84 Å². The number of nitrogens with two attached hydrogens (primary N) is 1. The second kappa shape index (κ2) is 10.2. The van der Waals surface area contributed by atoms with Crippen molar-refractivity contribution in [2.24, 2.45) is 10.1 Å². The van der Waals surface area contributed by atoms with Gasteiger partial charge < -0.3 is 15.4 Å². The van der Waals surface area contributed by atoms with E-state index in [0.29, 0.717) is 58.1 Å². The number of aliphatic imine (C=N–C) groups is 1. The minimum Gasteiger partial charge on any atom is -0.378 e. The van der Waals surface area contributed by atoms with E-state index in [1.807, 2.05) is 11.2 Å². The molecular weight excluding hydrogens is 482 g/mol. The number of hydrogen-bond acceptors (Lipinski definition) is 11. The second-order valence-corrected chi connectivity index (χ2v) is 11.9. The van der Waals surface area contributed by atoms with Crippen molar-refractivity contribution in [3.63, 3.8) is 0 Å². The Kier molecular flexibility index (Phi) is 7.06. The van der Waals surface area contributed by atoms with Gasteiger partial charge in [-0.15, -0.1) is 0 Å². The highest BCUT2D eigenvalue weighted by atomic mass is 32.2. The highest BCUT2D eigenvalue weighted by Gasteiger charge is 2.32. The molecule has 1 aromatic rings. The van der Waals surface area contributed by atoms with Crippen LogP contribution >= 0.6 is 0 Å². The van der Waals surface area contributed by atoms with Crippen molar-refractivity contribution in [3.05, 3.63) is 35.9 Å². The minimum atomic E-state index is -3.22. The third-order valence-corrected chi connectivity index (χ3v) is 8.97. The summed E-state index contributed by atoms with van der Waals surface area (Å²) >= 11 is 0. The van der Waals surface area contributed by atoms with Crippen molar-refractivity contribution in [2.75, 3.05) is 64.8 Å². The molecule has 36 heavy (non-hydrogen) atoms. The maximum atomic E-state index is 12.5. The van der Waals surface area contributed by atoms with Gasteiger partial charge in [-0.05, 0) is 19.9 Å². The van der Waals surface area contributed by atoms with Crippen molar-refractivity contribution in [3.8, 4) is 0 Å². The molecule has 0 bridgehead atoms. The van der Waals surface area contributed by atoms with Gasteiger partial charge in [0.1, 0.15) is 5.70 Å². The van der Waals surface area contributed by atoms with E-state index in [1.165, 1.54) is 0 Å². The lowest BCUT2D eigenvalue weighted by molar-refractivity contribution is 0.0676. The van der Waals surface area contributed by atoms with Crippen LogP contribution in [0.25, 0.3) is 5.70 Å². The molecule has 0 spiro atoms. The number of amidine groups is 1. The van der Waals surface area contributed by atoms with Crippen molar-refractivity contribution >= 4 is 33.2 Å². The van der Waals surface area contributed by atoms with E-state index >= 15 is 0 Å². The fourth-order valence-corrected chi connectivity index (χ4v) is 5.84. The molecular formula is C23H33N9O3S. The molecule has 0 unspecified atom stereocenters. The number of aromatic nitrogens is 2. The number of hydrazone groups is 1. The number of sulfonamides is 1. The van der Waals surface area contributed by atoms with Crippen LogP contribution in [-0.4, -0.2) is 113 Å². The monoisotopic (exact) mass is 515 g/mol. The molecule has 0 amide bonds. The largest absolute Gasteiger partial charge is 0.378 e. The number of ether oxygens (including phenoxy) is 1. The van der Waals surface area contributed by atoms with Crippen LogP contribution in [-0.2, 0) is 14.8 Å². The summed E-state index contributed by atoms with van der Waals surface area (Å²) in [5.74, 6) is 1.08. The Morgan fingerprint density at radius 1 is 1.06 bits per heavy atom. The molecule has 2 fully saturated rings. The number of fused-ring (bicyclic) bond motifs is 1. The molecule has 0 aromatic carbocycles. The summed E-state index contributed by atoms with van der Waals surface area (Å²) in [7, 11) is -3.22. The first kappa shape index (κ1) is 24.8. The number of rotatable bonds is 5. The van der Waals surface area contributed by atoms with E-state index in [-0.39, 0.29) is 5.95 Å². The van der Waals surface area contributed by atoms with Gasteiger partial charge >= 0.3 is 0 Å². The number of piperazine rings is 1.